The molecule has 0 atom stereocenters. The topological polar surface area (TPSA) is 9.23 Å². The van der Waals surface area contributed by atoms with Crippen LogP contribution in [-0.4, -0.2) is 25.1 Å². The summed E-state index contributed by atoms with van der Waals surface area (Å²) in [4.78, 5) is 0. The molecule has 0 aliphatic carbocycles. The Kier molecular flexibility index (Phi) is 6.34. The number of alkyl halides is 7. The fourth-order valence-corrected chi connectivity index (χ4v) is 3.24. The summed E-state index contributed by atoms with van der Waals surface area (Å²) >= 11 is 0. The van der Waals surface area contributed by atoms with Crippen LogP contribution in [0.25, 0.3) is 11.1 Å². The summed E-state index contributed by atoms with van der Waals surface area (Å²) in [6, 6.07) is 18.9. The second kappa shape index (κ2) is 8.68. The summed E-state index contributed by atoms with van der Waals surface area (Å²) in [6.07, 6.45) is -6.47. The lowest BCUT2D eigenvalue weighted by Crippen LogP contribution is -2.52. The summed E-state index contributed by atoms with van der Waals surface area (Å²) in [5.74, 6) is -11.6. The molecule has 0 aromatic heterocycles. The second-order valence-electron chi connectivity index (χ2n) is 6.86. The first kappa shape index (κ1) is 23.4. The van der Waals surface area contributed by atoms with Gasteiger partial charge in [-0.2, -0.15) is 30.7 Å². The van der Waals surface area contributed by atoms with Crippen molar-refractivity contribution in [1.82, 2.24) is 0 Å². The van der Waals surface area contributed by atoms with E-state index in [2.05, 4.69) is 0 Å². The highest BCUT2D eigenvalue weighted by atomic mass is 19.4. The number of benzene rings is 3. The normalized spacial score (nSPS) is 13.5. The van der Waals surface area contributed by atoms with E-state index in [1.807, 2.05) is 0 Å². The third-order valence-electron chi connectivity index (χ3n) is 4.82. The maximum Gasteiger partial charge on any atom is 0.460 e. The van der Waals surface area contributed by atoms with Crippen molar-refractivity contribution in [2.75, 3.05) is 7.11 Å². The van der Waals surface area contributed by atoms with Crippen LogP contribution >= 0.6 is 0 Å². The van der Waals surface area contributed by atoms with E-state index in [-0.39, 0.29) is 11.1 Å². The largest absolute Gasteiger partial charge is 0.497 e. The maximum atomic E-state index is 15.3. The lowest BCUT2D eigenvalue weighted by Gasteiger charge is -2.32. The first-order valence-electron chi connectivity index (χ1n) is 9.33. The van der Waals surface area contributed by atoms with Crippen molar-refractivity contribution in [3.8, 4) is 5.75 Å². The average Bonchev–Trinajstić information content (AvgIpc) is 2.77. The van der Waals surface area contributed by atoms with Crippen LogP contribution in [0.15, 0.2) is 84.9 Å². The molecule has 0 N–H and O–H groups in total. The van der Waals surface area contributed by atoms with Crippen LogP contribution in [-0.2, 0) is 0 Å². The van der Waals surface area contributed by atoms with Gasteiger partial charge in [-0.1, -0.05) is 72.8 Å². The quantitative estimate of drug-likeness (QED) is 0.277. The number of ether oxygens (including phenoxy) is 1. The van der Waals surface area contributed by atoms with Gasteiger partial charge in [0.15, 0.2) is 0 Å². The van der Waals surface area contributed by atoms with Crippen molar-refractivity contribution in [3.05, 3.63) is 102 Å². The number of halogens is 7. The molecule has 0 spiro atoms. The third-order valence-corrected chi connectivity index (χ3v) is 4.82. The zero-order valence-electron chi connectivity index (χ0n) is 16.6. The van der Waals surface area contributed by atoms with Crippen molar-refractivity contribution < 1.29 is 35.5 Å². The number of hydrogen-bond donors (Lipinski definition) is 0. The third kappa shape index (κ3) is 4.22. The van der Waals surface area contributed by atoms with E-state index in [9.17, 15) is 22.0 Å². The number of allylic oxidation sites excluding steroid dienone is 1. The molecule has 1 nitrogen and oxygen atoms in total. The van der Waals surface area contributed by atoms with E-state index >= 15 is 8.78 Å². The van der Waals surface area contributed by atoms with Crippen LogP contribution in [0.2, 0.25) is 0 Å². The van der Waals surface area contributed by atoms with Crippen molar-refractivity contribution >= 4 is 11.1 Å². The minimum Gasteiger partial charge on any atom is -0.497 e. The van der Waals surface area contributed by atoms with E-state index in [1.54, 1.807) is 6.07 Å². The Bertz CT molecular complexity index is 1070. The fraction of sp³-hybridized carbons (Fsp3) is 0.167. The molecule has 8 heteroatoms. The molecule has 32 heavy (non-hydrogen) atoms. The SMILES string of the molecule is COc1ccc(/C(=C(/c2ccccc2)C(F)(F)C(F)(F)C(F)(F)F)c2ccccc2)cc1. The number of hydrogen-bond acceptors (Lipinski definition) is 1. The molecule has 0 bridgehead atoms. The Labute approximate surface area is 179 Å². The molecule has 0 aliphatic rings. The van der Waals surface area contributed by atoms with Crippen molar-refractivity contribution in [2.45, 2.75) is 18.0 Å². The van der Waals surface area contributed by atoms with Crippen LogP contribution in [0.3, 0.4) is 0 Å². The monoisotopic (exact) mass is 454 g/mol. The Morgan fingerprint density at radius 2 is 1.03 bits per heavy atom. The molecule has 3 aromatic rings. The van der Waals surface area contributed by atoms with Crippen LogP contribution < -0.4 is 4.74 Å². The van der Waals surface area contributed by atoms with Crippen LogP contribution in [0, 0.1) is 0 Å². The van der Waals surface area contributed by atoms with E-state index < -0.39 is 34.7 Å². The molecule has 0 radical (unpaired) electrons. The Morgan fingerprint density at radius 1 is 0.594 bits per heavy atom. The van der Waals surface area contributed by atoms with Gasteiger partial charge in [-0.15, -0.1) is 0 Å². The highest BCUT2D eigenvalue weighted by Gasteiger charge is 2.74. The summed E-state index contributed by atoms with van der Waals surface area (Å²) in [5.41, 5.74) is -2.27. The van der Waals surface area contributed by atoms with E-state index in [1.165, 1.54) is 73.8 Å². The predicted molar refractivity (Wildman–Crippen MR) is 108 cm³/mol. The summed E-state index contributed by atoms with van der Waals surface area (Å²) in [6.45, 7) is 0. The Morgan fingerprint density at radius 3 is 1.47 bits per heavy atom. The van der Waals surface area contributed by atoms with Gasteiger partial charge in [0.25, 0.3) is 0 Å². The van der Waals surface area contributed by atoms with Gasteiger partial charge in [0.1, 0.15) is 5.75 Å². The van der Waals surface area contributed by atoms with Gasteiger partial charge in [0.2, 0.25) is 0 Å². The van der Waals surface area contributed by atoms with Crippen molar-refractivity contribution in [2.24, 2.45) is 0 Å². The molecule has 0 saturated heterocycles. The van der Waals surface area contributed by atoms with Crippen molar-refractivity contribution in [1.29, 1.82) is 0 Å². The lowest BCUT2D eigenvalue weighted by atomic mass is 9.84. The maximum absolute atomic E-state index is 15.3. The molecule has 0 unspecified atom stereocenters. The van der Waals surface area contributed by atoms with E-state index in [0.717, 1.165) is 12.1 Å². The van der Waals surface area contributed by atoms with Gasteiger partial charge in [-0.25, -0.2) is 0 Å². The van der Waals surface area contributed by atoms with Gasteiger partial charge in [0, 0.05) is 5.57 Å². The van der Waals surface area contributed by atoms with Crippen molar-refractivity contribution in [3.63, 3.8) is 0 Å². The average molecular weight is 454 g/mol. The van der Waals surface area contributed by atoms with Crippen LogP contribution in [0.4, 0.5) is 30.7 Å². The van der Waals surface area contributed by atoms with Gasteiger partial charge < -0.3 is 4.74 Å². The standard InChI is InChI=1S/C24H17F7O/c1-32-19-14-12-17(13-15-19)20(16-8-4-2-5-9-16)21(18-10-6-3-7-11-18)22(25,26)23(27,28)24(29,30)31/h2-15H,1H3/b21-20-. The molecule has 168 valence electrons. The molecule has 0 heterocycles. The zero-order valence-corrected chi connectivity index (χ0v) is 16.6. The smallest absolute Gasteiger partial charge is 0.460 e. The predicted octanol–water partition coefficient (Wildman–Crippen LogP) is 7.49. The first-order chi connectivity index (χ1) is 15.0. The minimum atomic E-state index is -6.47. The summed E-state index contributed by atoms with van der Waals surface area (Å²) < 4.78 is 103. The van der Waals surface area contributed by atoms with Gasteiger partial charge in [-0.3, -0.25) is 0 Å². The van der Waals surface area contributed by atoms with Gasteiger partial charge >= 0.3 is 18.0 Å². The fourth-order valence-electron chi connectivity index (χ4n) is 3.24. The second-order valence-corrected chi connectivity index (χ2v) is 6.86. The molecule has 3 aromatic carbocycles. The van der Waals surface area contributed by atoms with Crippen LogP contribution in [0.5, 0.6) is 5.75 Å². The van der Waals surface area contributed by atoms with E-state index in [0.29, 0.717) is 5.75 Å². The molecular formula is C24H17F7O. The molecule has 0 saturated carbocycles. The highest BCUT2D eigenvalue weighted by molar-refractivity contribution is 6.01. The molecule has 0 fully saturated rings. The molecular weight excluding hydrogens is 437 g/mol. The minimum absolute atomic E-state index is 0.0218. The summed E-state index contributed by atoms with van der Waals surface area (Å²) in [7, 11) is 1.37. The van der Waals surface area contributed by atoms with E-state index in [4.69, 9.17) is 4.74 Å². The van der Waals surface area contributed by atoms with Crippen LogP contribution in [0.1, 0.15) is 16.7 Å². The highest BCUT2D eigenvalue weighted by Crippen LogP contribution is 2.54. The summed E-state index contributed by atoms with van der Waals surface area (Å²) in [5, 5.41) is 0. The zero-order chi connectivity index (χ0) is 23.6. The Hall–Kier alpha value is -3.29. The van der Waals surface area contributed by atoms with Gasteiger partial charge in [0.05, 0.1) is 7.11 Å². The van der Waals surface area contributed by atoms with Gasteiger partial charge in [-0.05, 0) is 34.4 Å². The first-order valence-corrected chi connectivity index (χ1v) is 9.33. The lowest BCUT2D eigenvalue weighted by molar-refractivity contribution is -0.338. The molecule has 3 rings (SSSR count). The molecule has 0 amide bonds. The number of methoxy groups -OCH3 is 1. The molecule has 0 aliphatic heterocycles. The number of rotatable bonds is 6. The Balaban J connectivity index is 2.46.